The van der Waals surface area contributed by atoms with Crippen molar-refractivity contribution >= 4 is 11.6 Å². The number of methoxy groups -OCH3 is 1. The summed E-state index contributed by atoms with van der Waals surface area (Å²) in [4.78, 5) is 16.8. The van der Waals surface area contributed by atoms with E-state index in [1.165, 1.54) is 0 Å². The van der Waals surface area contributed by atoms with Crippen molar-refractivity contribution in [1.82, 2.24) is 10.1 Å². The summed E-state index contributed by atoms with van der Waals surface area (Å²) in [5, 5.41) is 6.87. The molecule has 0 aliphatic heterocycles. The van der Waals surface area contributed by atoms with Gasteiger partial charge in [-0.1, -0.05) is 17.3 Å². The molecule has 0 radical (unpaired) electrons. The molecule has 4 rings (SSSR count). The molecule has 0 aliphatic rings. The van der Waals surface area contributed by atoms with E-state index in [4.69, 9.17) is 18.7 Å². The van der Waals surface area contributed by atoms with Crippen molar-refractivity contribution in [2.75, 3.05) is 25.6 Å². The van der Waals surface area contributed by atoms with E-state index in [2.05, 4.69) is 15.5 Å². The van der Waals surface area contributed by atoms with Crippen molar-refractivity contribution in [2.24, 2.45) is 0 Å². The van der Waals surface area contributed by atoms with Crippen molar-refractivity contribution in [3.05, 3.63) is 72.8 Å². The molecule has 168 valence electrons. The Kier molecular flexibility index (Phi) is 6.84. The van der Waals surface area contributed by atoms with E-state index in [1.807, 2.05) is 49.4 Å². The highest BCUT2D eigenvalue weighted by molar-refractivity contribution is 5.92. The second-order valence-corrected chi connectivity index (χ2v) is 6.94. The van der Waals surface area contributed by atoms with E-state index in [9.17, 15) is 4.79 Å². The van der Waals surface area contributed by atoms with Gasteiger partial charge >= 0.3 is 0 Å². The van der Waals surface area contributed by atoms with Gasteiger partial charge in [0.25, 0.3) is 11.8 Å². The topological polar surface area (TPSA) is 95.7 Å². The van der Waals surface area contributed by atoms with Crippen LogP contribution >= 0.6 is 0 Å². The second kappa shape index (κ2) is 10.3. The van der Waals surface area contributed by atoms with Gasteiger partial charge in [0.05, 0.1) is 19.3 Å². The van der Waals surface area contributed by atoms with Crippen molar-refractivity contribution in [2.45, 2.75) is 6.92 Å². The number of ether oxygens (including phenoxy) is 3. The van der Waals surface area contributed by atoms with E-state index in [-0.39, 0.29) is 12.5 Å². The first-order valence-corrected chi connectivity index (χ1v) is 10.4. The number of hydrogen-bond donors (Lipinski definition) is 1. The van der Waals surface area contributed by atoms with Gasteiger partial charge in [-0.3, -0.25) is 4.79 Å². The first-order chi connectivity index (χ1) is 16.2. The van der Waals surface area contributed by atoms with Gasteiger partial charge in [-0.15, -0.1) is 0 Å². The van der Waals surface area contributed by atoms with E-state index >= 15 is 0 Å². The zero-order chi connectivity index (χ0) is 23.0. The fourth-order valence-corrected chi connectivity index (χ4v) is 3.10. The molecule has 0 spiro atoms. The molecule has 3 aromatic carbocycles. The summed E-state index contributed by atoms with van der Waals surface area (Å²) in [5.74, 6) is 2.40. The number of amides is 1. The summed E-state index contributed by atoms with van der Waals surface area (Å²) in [5.41, 5.74) is 2.04. The van der Waals surface area contributed by atoms with Crippen LogP contribution in [0.1, 0.15) is 6.92 Å². The number of carbonyl (C=O) groups is 1. The van der Waals surface area contributed by atoms with Crippen LogP contribution in [0, 0.1) is 0 Å². The Morgan fingerprint density at radius 3 is 2.39 bits per heavy atom. The van der Waals surface area contributed by atoms with E-state index in [0.29, 0.717) is 35.3 Å². The lowest BCUT2D eigenvalue weighted by atomic mass is 10.2. The number of hydrogen-bond acceptors (Lipinski definition) is 7. The number of rotatable bonds is 9. The van der Waals surface area contributed by atoms with Crippen LogP contribution in [0.15, 0.2) is 77.3 Å². The van der Waals surface area contributed by atoms with Crippen molar-refractivity contribution in [3.63, 3.8) is 0 Å². The van der Waals surface area contributed by atoms with Crippen LogP contribution in [0.4, 0.5) is 5.69 Å². The maximum atomic E-state index is 12.4. The zero-order valence-electron chi connectivity index (χ0n) is 18.3. The van der Waals surface area contributed by atoms with Crippen LogP contribution in [0.3, 0.4) is 0 Å². The minimum absolute atomic E-state index is 0.173. The maximum absolute atomic E-state index is 12.4. The van der Waals surface area contributed by atoms with Gasteiger partial charge in [0.1, 0.15) is 17.2 Å². The SMILES string of the molecule is CCOc1ccc(NC(=O)COc2ccccc2-c2noc(-c3ccc(OC)cc3)n2)cc1. The molecule has 1 amide bonds. The predicted molar refractivity (Wildman–Crippen MR) is 123 cm³/mol. The van der Waals surface area contributed by atoms with Gasteiger partial charge in [-0.2, -0.15) is 4.98 Å². The van der Waals surface area contributed by atoms with Crippen LogP contribution in [-0.4, -0.2) is 36.4 Å². The van der Waals surface area contributed by atoms with Gasteiger partial charge in [0.2, 0.25) is 5.82 Å². The smallest absolute Gasteiger partial charge is 0.262 e. The van der Waals surface area contributed by atoms with Gasteiger partial charge < -0.3 is 24.1 Å². The molecule has 0 saturated carbocycles. The highest BCUT2D eigenvalue weighted by Crippen LogP contribution is 2.30. The highest BCUT2D eigenvalue weighted by atomic mass is 16.5. The average molecular weight is 445 g/mol. The second-order valence-electron chi connectivity index (χ2n) is 6.94. The fraction of sp³-hybridized carbons (Fsp3) is 0.160. The molecule has 4 aromatic rings. The Morgan fingerprint density at radius 1 is 0.939 bits per heavy atom. The summed E-state index contributed by atoms with van der Waals surface area (Å²) in [6, 6.07) is 21.7. The minimum atomic E-state index is -0.291. The largest absolute Gasteiger partial charge is 0.497 e. The minimum Gasteiger partial charge on any atom is -0.497 e. The van der Waals surface area contributed by atoms with Crippen LogP contribution in [-0.2, 0) is 4.79 Å². The van der Waals surface area contributed by atoms with E-state index in [0.717, 1.165) is 17.1 Å². The molecular formula is C25H23N3O5. The van der Waals surface area contributed by atoms with Crippen molar-refractivity contribution in [1.29, 1.82) is 0 Å². The van der Waals surface area contributed by atoms with Crippen LogP contribution in [0.2, 0.25) is 0 Å². The number of para-hydroxylation sites is 1. The van der Waals surface area contributed by atoms with Crippen LogP contribution in [0.5, 0.6) is 17.2 Å². The molecular weight excluding hydrogens is 422 g/mol. The lowest BCUT2D eigenvalue weighted by molar-refractivity contribution is -0.118. The molecule has 1 aromatic heterocycles. The number of benzene rings is 3. The average Bonchev–Trinajstić information content (AvgIpc) is 3.34. The van der Waals surface area contributed by atoms with Crippen molar-refractivity contribution < 1.29 is 23.5 Å². The Labute approximate surface area is 191 Å². The Bertz CT molecular complexity index is 1200. The van der Waals surface area contributed by atoms with Gasteiger partial charge in [0, 0.05) is 11.3 Å². The Balaban J connectivity index is 1.42. The maximum Gasteiger partial charge on any atom is 0.262 e. The molecule has 0 aliphatic carbocycles. The molecule has 33 heavy (non-hydrogen) atoms. The van der Waals surface area contributed by atoms with E-state index in [1.54, 1.807) is 37.4 Å². The quantitative estimate of drug-likeness (QED) is 0.394. The molecule has 0 bridgehead atoms. The monoisotopic (exact) mass is 445 g/mol. The van der Waals surface area contributed by atoms with Crippen molar-refractivity contribution in [3.8, 4) is 40.1 Å². The normalized spacial score (nSPS) is 10.5. The van der Waals surface area contributed by atoms with E-state index < -0.39 is 0 Å². The first kappa shape index (κ1) is 21.9. The van der Waals surface area contributed by atoms with Gasteiger partial charge in [-0.05, 0) is 67.6 Å². The van der Waals surface area contributed by atoms with Crippen LogP contribution < -0.4 is 19.5 Å². The van der Waals surface area contributed by atoms with Crippen LogP contribution in [0.25, 0.3) is 22.8 Å². The third-order valence-electron chi connectivity index (χ3n) is 4.70. The predicted octanol–water partition coefficient (Wildman–Crippen LogP) is 4.83. The Morgan fingerprint density at radius 2 is 1.67 bits per heavy atom. The Hall–Kier alpha value is -4.33. The summed E-state index contributed by atoms with van der Waals surface area (Å²) < 4.78 is 21.8. The molecule has 8 nitrogen and oxygen atoms in total. The third kappa shape index (κ3) is 5.48. The zero-order valence-corrected chi connectivity index (χ0v) is 18.3. The lowest BCUT2D eigenvalue weighted by Gasteiger charge is -2.10. The summed E-state index contributed by atoms with van der Waals surface area (Å²) in [6.07, 6.45) is 0. The molecule has 1 heterocycles. The van der Waals surface area contributed by atoms with Gasteiger partial charge in [-0.25, -0.2) is 0 Å². The summed E-state index contributed by atoms with van der Waals surface area (Å²) >= 11 is 0. The molecule has 1 N–H and O–H groups in total. The molecule has 0 unspecified atom stereocenters. The molecule has 0 saturated heterocycles. The van der Waals surface area contributed by atoms with Gasteiger partial charge in [0.15, 0.2) is 6.61 Å². The molecule has 0 fully saturated rings. The first-order valence-electron chi connectivity index (χ1n) is 10.4. The molecule has 8 heteroatoms. The summed E-state index contributed by atoms with van der Waals surface area (Å²) in [7, 11) is 1.61. The number of nitrogens with zero attached hydrogens (tertiary/aromatic N) is 2. The fourth-order valence-electron chi connectivity index (χ4n) is 3.10. The highest BCUT2D eigenvalue weighted by Gasteiger charge is 2.15. The lowest BCUT2D eigenvalue weighted by Crippen LogP contribution is -2.20. The molecule has 0 atom stereocenters. The number of aromatic nitrogens is 2. The standard InChI is InChI=1S/C25H23N3O5/c1-3-31-20-14-10-18(11-15-20)26-23(29)16-32-22-7-5-4-6-21(22)24-27-25(33-28-24)17-8-12-19(30-2)13-9-17/h4-15H,3,16H2,1-2H3,(H,26,29). The number of nitrogens with one attached hydrogen (secondary N) is 1. The number of carbonyl (C=O) groups excluding carboxylic acids is 1. The summed E-state index contributed by atoms with van der Waals surface area (Å²) in [6.45, 7) is 2.33. The third-order valence-corrected chi connectivity index (χ3v) is 4.70. The number of anilines is 1.